The van der Waals surface area contributed by atoms with Crippen molar-refractivity contribution in [3.8, 4) is 0 Å². The number of hydrogen-bond donors (Lipinski definition) is 0. The molecule has 0 amide bonds. The fourth-order valence-corrected chi connectivity index (χ4v) is 1.78. The third kappa shape index (κ3) is 2.54. The van der Waals surface area contributed by atoms with Crippen molar-refractivity contribution in [2.45, 2.75) is 18.2 Å². The van der Waals surface area contributed by atoms with E-state index in [2.05, 4.69) is 31.1 Å². The second-order valence-corrected chi connectivity index (χ2v) is 3.96. The minimum Gasteiger partial charge on any atom is -0.257 e. The summed E-state index contributed by atoms with van der Waals surface area (Å²) in [6.07, 6.45) is -1.29. The molecule has 0 fully saturated rings. The second kappa shape index (κ2) is 4.95. The summed E-state index contributed by atoms with van der Waals surface area (Å²) in [7, 11) is 0. The van der Waals surface area contributed by atoms with E-state index in [4.69, 9.17) is 0 Å². The van der Waals surface area contributed by atoms with E-state index in [0.717, 1.165) is 0 Å². The van der Waals surface area contributed by atoms with Gasteiger partial charge in [0.1, 0.15) is 11.5 Å². The Hall–Kier alpha value is -1.24. The molecule has 17 heavy (non-hydrogen) atoms. The number of hydrogen-bond acceptors (Lipinski definition) is 3. The summed E-state index contributed by atoms with van der Waals surface area (Å²) in [5.41, 5.74) is 0.659. The van der Waals surface area contributed by atoms with E-state index >= 15 is 0 Å². The molecule has 2 rings (SSSR count). The van der Waals surface area contributed by atoms with Crippen LogP contribution in [0, 0.1) is 5.82 Å². The highest BCUT2D eigenvalue weighted by molar-refractivity contribution is 9.08. The first-order valence-electron chi connectivity index (χ1n) is 4.74. The summed E-state index contributed by atoms with van der Waals surface area (Å²) >= 11 is 3.09. The predicted octanol–water partition coefficient (Wildman–Crippen LogP) is 2.93. The average molecular weight is 306 g/mol. The van der Waals surface area contributed by atoms with Crippen molar-refractivity contribution >= 4 is 27.4 Å². The normalized spacial score (nSPS) is 15.1. The van der Waals surface area contributed by atoms with Crippen molar-refractivity contribution in [1.82, 2.24) is 4.98 Å². The van der Waals surface area contributed by atoms with Crippen molar-refractivity contribution in [1.29, 1.82) is 0 Å². The number of halogens is 4. The molecule has 1 aliphatic heterocycles. The van der Waals surface area contributed by atoms with Crippen LogP contribution in [0.2, 0.25) is 0 Å². The van der Waals surface area contributed by atoms with Crippen LogP contribution in [0.5, 0.6) is 0 Å². The highest BCUT2D eigenvalue weighted by Crippen LogP contribution is 2.17. The molecule has 0 saturated carbocycles. The van der Waals surface area contributed by atoms with Crippen LogP contribution in [-0.2, 0) is 5.33 Å². The van der Waals surface area contributed by atoms with Crippen LogP contribution in [0.15, 0.2) is 22.5 Å². The van der Waals surface area contributed by atoms with Gasteiger partial charge in [-0.15, -0.1) is 0 Å². The number of pyridine rings is 1. The Morgan fingerprint density at radius 1 is 1.35 bits per heavy atom. The molecule has 90 valence electrons. The lowest BCUT2D eigenvalue weighted by Gasteiger charge is -2.03. The number of nitrogens with zero attached hydrogens (tertiary/aromatic N) is 3. The molecule has 3 nitrogen and oxygen atoms in total. The highest BCUT2D eigenvalue weighted by atomic mass is 79.9. The van der Waals surface area contributed by atoms with Crippen LogP contribution in [0.1, 0.15) is 17.7 Å². The highest BCUT2D eigenvalue weighted by Gasteiger charge is 2.22. The minimum atomic E-state index is -2.63. The summed E-state index contributed by atoms with van der Waals surface area (Å²) in [6, 6.07) is 1.23. The number of alkyl halides is 3. The molecule has 0 aliphatic carbocycles. The van der Waals surface area contributed by atoms with E-state index in [1.807, 2.05) is 0 Å². The van der Waals surface area contributed by atoms with Gasteiger partial charge in [0.2, 0.25) is 0 Å². The van der Waals surface area contributed by atoms with Gasteiger partial charge in [0.05, 0.1) is 11.4 Å². The maximum atomic E-state index is 13.4. The lowest BCUT2D eigenvalue weighted by atomic mass is 10.1. The molecule has 0 spiro atoms. The molecule has 7 heteroatoms. The monoisotopic (exact) mass is 305 g/mol. The van der Waals surface area contributed by atoms with E-state index in [9.17, 15) is 13.2 Å². The van der Waals surface area contributed by atoms with Crippen LogP contribution in [-0.4, -0.2) is 22.8 Å². The first-order chi connectivity index (χ1) is 8.11. The smallest absolute Gasteiger partial charge is 0.257 e. The molecule has 0 radical (unpaired) electrons. The van der Waals surface area contributed by atoms with Gasteiger partial charge in [0.25, 0.3) is 6.43 Å². The average Bonchev–Trinajstić information content (AvgIpc) is 2.78. The summed E-state index contributed by atoms with van der Waals surface area (Å²) < 4.78 is 38.1. The Kier molecular flexibility index (Phi) is 3.56. The molecule has 1 aromatic heterocycles. The number of aromatic nitrogens is 1. The fourth-order valence-electron chi connectivity index (χ4n) is 1.37. The molecule has 1 aromatic rings. The Labute approximate surface area is 104 Å². The molecule has 2 heterocycles. The third-order valence-electron chi connectivity index (χ3n) is 2.28. The quantitative estimate of drug-likeness (QED) is 0.791. The lowest BCUT2D eigenvalue weighted by Crippen LogP contribution is -2.12. The lowest BCUT2D eigenvalue weighted by molar-refractivity contribution is 0.224. The zero-order valence-corrected chi connectivity index (χ0v) is 10.1. The predicted molar refractivity (Wildman–Crippen MR) is 61.4 cm³/mol. The summed E-state index contributed by atoms with van der Waals surface area (Å²) in [5, 5.41) is 7.27. The van der Waals surface area contributed by atoms with Gasteiger partial charge in [-0.3, -0.25) is 4.98 Å². The third-order valence-corrected chi connectivity index (χ3v) is 2.81. The van der Waals surface area contributed by atoms with Crippen molar-refractivity contribution < 1.29 is 13.2 Å². The van der Waals surface area contributed by atoms with E-state index in [-0.39, 0.29) is 17.8 Å². The molecule has 1 aliphatic rings. The number of rotatable bonds is 3. The molecule has 0 unspecified atom stereocenters. The fraction of sp³-hybridized carbons (Fsp3) is 0.300. The maximum absolute atomic E-state index is 13.4. The van der Waals surface area contributed by atoms with Crippen molar-refractivity contribution in [3.05, 3.63) is 29.3 Å². The Morgan fingerprint density at radius 2 is 2.12 bits per heavy atom. The van der Waals surface area contributed by atoms with Gasteiger partial charge >= 0.3 is 0 Å². The van der Waals surface area contributed by atoms with Gasteiger partial charge in [-0.2, -0.15) is 10.2 Å². The summed E-state index contributed by atoms with van der Waals surface area (Å²) in [5.74, 6) is -0.493. The standard InChI is InChI=1S/C10H7BrF3N3/c11-3-9-6(12)1-5(4-15-9)7-2-8(10(13)14)17-16-7/h1,4,10H,2-3H2. The van der Waals surface area contributed by atoms with Gasteiger partial charge in [0, 0.05) is 23.5 Å². The Morgan fingerprint density at radius 3 is 2.65 bits per heavy atom. The van der Waals surface area contributed by atoms with Crippen LogP contribution in [0.3, 0.4) is 0 Å². The van der Waals surface area contributed by atoms with Gasteiger partial charge in [-0.05, 0) is 6.07 Å². The summed E-state index contributed by atoms with van der Waals surface area (Å²) in [4.78, 5) is 3.87. The van der Waals surface area contributed by atoms with Crippen molar-refractivity contribution in [3.63, 3.8) is 0 Å². The molecular formula is C10H7BrF3N3. The molecule has 0 bridgehead atoms. The zero-order valence-electron chi connectivity index (χ0n) is 8.50. The van der Waals surface area contributed by atoms with Crippen LogP contribution in [0.4, 0.5) is 13.2 Å². The van der Waals surface area contributed by atoms with E-state index in [0.29, 0.717) is 16.6 Å². The molecule has 0 N–H and O–H groups in total. The Bertz CT molecular complexity index is 500. The first-order valence-corrected chi connectivity index (χ1v) is 5.86. The van der Waals surface area contributed by atoms with Crippen molar-refractivity contribution in [2.75, 3.05) is 0 Å². The van der Waals surface area contributed by atoms with Gasteiger partial charge in [-0.25, -0.2) is 13.2 Å². The Balaban J connectivity index is 2.19. The largest absolute Gasteiger partial charge is 0.278 e. The minimum absolute atomic E-state index is 0.0630. The zero-order chi connectivity index (χ0) is 12.4. The first kappa shape index (κ1) is 12.2. The molecule has 0 atom stereocenters. The van der Waals surface area contributed by atoms with Crippen LogP contribution in [0.25, 0.3) is 0 Å². The van der Waals surface area contributed by atoms with Gasteiger partial charge in [-0.1, -0.05) is 15.9 Å². The van der Waals surface area contributed by atoms with E-state index in [1.54, 1.807) is 0 Å². The topological polar surface area (TPSA) is 37.6 Å². The van der Waals surface area contributed by atoms with Gasteiger partial charge < -0.3 is 0 Å². The molecule has 0 saturated heterocycles. The second-order valence-electron chi connectivity index (χ2n) is 3.40. The van der Waals surface area contributed by atoms with Crippen LogP contribution < -0.4 is 0 Å². The van der Waals surface area contributed by atoms with E-state index in [1.165, 1.54) is 12.3 Å². The molecule has 0 aromatic carbocycles. The van der Waals surface area contributed by atoms with Crippen LogP contribution >= 0.6 is 15.9 Å². The van der Waals surface area contributed by atoms with Gasteiger partial charge in [0.15, 0.2) is 0 Å². The maximum Gasteiger partial charge on any atom is 0.278 e. The SMILES string of the molecule is Fc1cc(C2=NN=C(C(F)F)C2)cnc1CBr. The molecular weight excluding hydrogens is 299 g/mol. The summed E-state index contributed by atoms with van der Waals surface area (Å²) in [6.45, 7) is 0. The van der Waals surface area contributed by atoms with Crippen molar-refractivity contribution in [2.24, 2.45) is 10.2 Å². The van der Waals surface area contributed by atoms with E-state index < -0.39 is 12.2 Å².